The van der Waals surface area contributed by atoms with Gasteiger partial charge in [-0.3, -0.25) is 9.59 Å². The third kappa shape index (κ3) is 4.07. The molecule has 0 aromatic heterocycles. The van der Waals surface area contributed by atoms with Gasteiger partial charge in [0.15, 0.2) is 0 Å². The van der Waals surface area contributed by atoms with Crippen molar-refractivity contribution in [2.24, 2.45) is 5.84 Å². The van der Waals surface area contributed by atoms with Crippen LogP contribution < -0.4 is 10.9 Å². The Hall–Kier alpha value is -2.41. The predicted molar refractivity (Wildman–Crippen MR) is 66.3 cm³/mol. The molecule has 7 nitrogen and oxygen atoms in total. The van der Waals surface area contributed by atoms with Crippen LogP contribution in [0.25, 0.3) is 0 Å². The zero-order chi connectivity index (χ0) is 14.4. The van der Waals surface area contributed by atoms with E-state index in [2.05, 4.69) is 4.74 Å². The average molecular weight is 266 g/mol. The topological polar surface area (TPSA) is 110 Å². The number of carbonyl (C=O) groups is 3. The second-order valence-corrected chi connectivity index (χ2v) is 3.60. The summed E-state index contributed by atoms with van der Waals surface area (Å²) in [5.74, 6) is 3.16. The summed E-state index contributed by atoms with van der Waals surface area (Å²) in [5.41, 5.74) is 0.370. The molecule has 3 N–H and O–H groups in total. The molecule has 0 fully saturated rings. The van der Waals surface area contributed by atoms with E-state index in [1.165, 1.54) is 24.3 Å². The van der Waals surface area contributed by atoms with Gasteiger partial charge in [-0.05, 0) is 31.2 Å². The summed E-state index contributed by atoms with van der Waals surface area (Å²) in [4.78, 5) is 33.4. The van der Waals surface area contributed by atoms with E-state index in [0.29, 0.717) is 5.69 Å². The highest BCUT2D eigenvalue weighted by molar-refractivity contribution is 6.02. The summed E-state index contributed by atoms with van der Waals surface area (Å²) in [7, 11) is 0. The second-order valence-electron chi connectivity index (χ2n) is 3.60. The SMILES string of the molecule is CCOC(=O)CC(=O)N(N)c1ccc(C(=O)O)cc1. The van der Waals surface area contributed by atoms with Crippen molar-refractivity contribution >= 4 is 23.5 Å². The zero-order valence-electron chi connectivity index (χ0n) is 10.3. The first-order valence-corrected chi connectivity index (χ1v) is 5.52. The van der Waals surface area contributed by atoms with Gasteiger partial charge >= 0.3 is 11.9 Å². The number of hydrogen-bond acceptors (Lipinski definition) is 5. The first kappa shape index (κ1) is 14.7. The van der Waals surface area contributed by atoms with E-state index in [4.69, 9.17) is 10.9 Å². The molecule has 1 rings (SSSR count). The van der Waals surface area contributed by atoms with Crippen molar-refractivity contribution in [2.75, 3.05) is 11.6 Å². The molecular formula is C12H14N2O5. The van der Waals surface area contributed by atoms with Crippen LogP contribution in [0, 0.1) is 0 Å². The van der Waals surface area contributed by atoms with Crippen LogP contribution in [0.15, 0.2) is 24.3 Å². The minimum absolute atomic E-state index is 0.0787. The van der Waals surface area contributed by atoms with E-state index >= 15 is 0 Å². The second kappa shape index (κ2) is 6.50. The lowest BCUT2D eigenvalue weighted by Gasteiger charge is -2.16. The number of nitrogens with two attached hydrogens (primary N) is 1. The lowest BCUT2D eigenvalue weighted by molar-refractivity contribution is -0.145. The van der Waals surface area contributed by atoms with Crippen molar-refractivity contribution in [2.45, 2.75) is 13.3 Å². The molecule has 19 heavy (non-hydrogen) atoms. The van der Waals surface area contributed by atoms with Gasteiger partial charge in [-0.15, -0.1) is 0 Å². The lowest BCUT2D eigenvalue weighted by Crippen LogP contribution is -2.38. The third-order valence-corrected chi connectivity index (χ3v) is 2.26. The van der Waals surface area contributed by atoms with Gasteiger partial charge in [-0.2, -0.15) is 0 Å². The maximum absolute atomic E-state index is 11.6. The van der Waals surface area contributed by atoms with Crippen molar-refractivity contribution in [3.63, 3.8) is 0 Å². The molecule has 0 unspecified atom stereocenters. The number of hydrogen-bond donors (Lipinski definition) is 2. The highest BCUT2D eigenvalue weighted by Crippen LogP contribution is 2.13. The molecule has 0 atom stereocenters. The van der Waals surface area contributed by atoms with Crippen LogP contribution in [0.1, 0.15) is 23.7 Å². The highest BCUT2D eigenvalue weighted by atomic mass is 16.5. The number of aromatic carboxylic acids is 1. The normalized spacial score (nSPS) is 9.79. The van der Waals surface area contributed by atoms with Crippen LogP contribution in [-0.4, -0.2) is 29.6 Å². The minimum atomic E-state index is -1.08. The van der Waals surface area contributed by atoms with Crippen molar-refractivity contribution in [1.29, 1.82) is 0 Å². The Kier molecular flexibility index (Phi) is 5.01. The number of esters is 1. The third-order valence-electron chi connectivity index (χ3n) is 2.26. The fourth-order valence-electron chi connectivity index (χ4n) is 1.33. The summed E-state index contributed by atoms with van der Waals surface area (Å²) in [6.45, 7) is 1.82. The molecule has 0 spiro atoms. The van der Waals surface area contributed by atoms with Gasteiger partial charge in [-0.25, -0.2) is 15.6 Å². The molecule has 0 bridgehead atoms. The first-order valence-electron chi connectivity index (χ1n) is 5.52. The van der Waals surface area contributed by atoms with Gasteiger partial charge in [-0.1, -0.05) is 0 Å². The molecule has 0 radical (unpaired) electrons. The number of rotatable bonds is 5. The highest BCUT2D eigenvalue weighted by Gasteiger charge is 2.17. The summed E-state index contributed by atoms with van der Waals surface area (Å²) in [6, 6.07) is 5.39. The number of carbonyl (C=O) groups excluding carboxylic acids is 2. The van der Waals surface area contributed by atoms with E-state index < -0.39 is 24.3 Å². The van der Waals surface area contributed by atoms with Crippen LogP contribution in [0.4, 0.5) is 5.69 Å². The summed E-state index contributed by atoms with van der Waals surface area (Å²) in [5, 5.41) is 9.51. The molecule has 1 amide bonds. The number of carboxylic acids is 1. The Labute approximate surface area is 109 Å². The van der Waals surface area contributed by atoms with E-state index in [0.717, 1.165) is 5.01 Å². The van der Waals surface area contributed by atoms with Crippen molar-refractivity contribution in [1.82, 2.24) is 0 Å². The van der Waals surface area contributed by atoms with Crippen LogP contribution in [0.3, 0.4) is 0 Å². The summed E-state index contributed by atoms with van der Waals surface area (Å²) in [6.07, 6.45) is -0.467. The molecule has 0 saturated carbocycles. The molecule has 0 aliphatic carbocycles. The van der Waals surface area contributed by atoms with E-state index in [1.54, 1.807) is 6.92 Å². The lowest BCUT2D eigenvalue weighted by atomic mass is 10.2. The van der Waals surface area contributed by atoms with Crippen molar-refractivity contribution in [3.05, 3.63) is 29.8 Å². The smallest absolute Gasteiger partial charge is 0.335 e. The maximum Gasteiger partial charge on any atom is 0.335 e. The molecule has 0 heterocycles. The monoisotopic (exact) mass is 266 g/mol. The van der Waals surface area contributed by atoms with Gasteiger partial charge in [0, 0.05) is 0 Å². The van der Waals surface area contributed by atoms with Gasteiger partial charge in [0.1, 0.15) is 6.42 Å². The zero-order valence-corrected chi connectivity index (χ0v) is 10.3. The fraction of sp³-hybridized carbons (Fsp3) is 0.250. The van der Waals surface area contributed by atoms with E-state index in [-0.39, 0.29) is 12.2 Å². The molecule has 0 aliphatic rings. The molecule has 1 aromatic carbocycles. The average Bonchev–Trinajstić information content (AvgIpc) is 2.38. The standard InChI is InChI=1S/C12H14N2O5/c1-2-19-11(16)7-10(15)14(13)9-5-3-8(4-6-9)12(17)18/h3-6H,2,7,13H2,1H3,(H,17,18). The molecule has 102 valence electrons. The maximum atomic E-state index is 11.6. The quantitative estimate of drug-likeness (QED) is 0.265. The first-order chi connectivity index (χ1) is 8.95. The van der Waals surface area contributed by atoms with Gasteiger partial charge in [0.05, 0.1) is 17.9 Å². The Morgan fingerprint density at radius 1 is 1.26 bits per heavy atom. The number of amides is 1. The number of carboxylic acid groups (broad SMARTS) is 1. The number of benzene rings is 1. The number of hydrazine groups is 1. The molecule has 7 heteroatoms. The fourth-order valence-corrected chi connectivity index (χ4v) is 1.33. The van der Waals surface area contributed by atoms with Crippen molar-refractivity contribution in [3.8, 4) is 0 Å². The Morgan fingerprint density at radius 2 is 1.84 bits per heavy atom. The van der Waals surface area contributed by atoms with Crippen LogP contribution in [0.5, 0.6) is 0 Å². The Balaban J connectivity index is 2.71. The largest absolute Gasteiger partial charge is 0.478 e. The van der Waals surface area contributed by atoms with E-state index in [9.17, 15) is 14.4 Å². The Morgan fingerprint density at radius 3 is 2.32 bits per heavy atom. The van der Waals surface area contributed by atoms with Gasteiger partial charge < -0.3 is 9.84 Å². The minimum Gasteiger partial charge on any atom is -0.478 e. The number of nitrogens with zero attached hydrogens (tertiary/aromatic N) is 1. The number of ether oxygens (including phenoxy) is 1. The van der Waals surface area contributed by atoms with Crippen LogP contribution >= 0.6 is 0 Å². The molecular weight excluding hydrogens is 252 g/mol. The van der Waals surface area contributed by atoms with Crippen molar-refractivity contribution < 1.29 is 24.2 Å². The van der Waals surface area contributed by atoms with Crippen LogP contribution in [-0.2, 0) is 14.3 Å². The molecule has 0 saturated heterocycles. The van der Waals surface area contributed by atoms with E-state index in [1.807, 2.05) is 0 Å². The summed E-state index contributed by atoms with van der Waals surface area (Å²) < 4.78 is 4.63. The molecule has 0 aliphatic heterocycles. The van der Waals surface area contributed by atoms with Gasteiger partial charge in [0.25, 0.3) is 5.91 Å². The summed E-state index contributed by atoms with van der Waals surface area (Å²) >= 11 is 0. The molecule has 1 aromatic rings. The van der Waals surface area contributed by atoms with Crippen LogP contribution in [0.2, 0.25) is 0 Å². The number of anilines is 1. The predicted octanol–water partition coefficient (Wildman–Crippen LogP) is 0.545. The van der Waals surface area contributed by atoms with Gasteiger partial charge in [0.2, 0.25) is 0 Å². The Bertz CT molecular complexity index is 483.